The Morgan fingerprint density at radius 2 is 2.05 bits per heavy atom. The predicted octanol–water partition coefficient (Wildman–Crippen LogP) is 0.425. The van der Waals surface area contributed by atoms with Crippen LogP contribution in [0.4, 0.5) is 0 Å². The fourth-order valence-electron chi connectivity index (χ4n) is 3.04. The van der Waals surface area contributed by atoms with E-state index in [0.717, 1.165) is 10.9 Å². The number of aromatic amines is 1. The summed E-state index contributed by atoms with van der Waals surface area (Å²) in [4.78, 5) is 15.4. The van der Waals surface area contributed by atoms with E-state index in [0.29, 0.717) is 12.3 Å². The Balaban J connectivity index is 1.51. The summed E-state index contributed by atoms with van der Waals surface area (Å²) < 4.78 is 11.0. The SMILES string of the molecule is O=C(N[C@H]1CO[C@H]2[C@@H]1OC[C@H]2O)c1cc2ccccc2[nH]1. The molecule has 4 atom stereocenters. The minimum atomic E-state index is -0.607. The van der Waals surface area contributed by atoms with Crippen LogP contribution < -0.4 is 5.32 Å². The zero-order valence-electron chi connectivity index (χ0n) is 11.3. The van der Waals surface area contributed by atoms with Gasteiger partial charge in [-0.1, -0.05) is 18.2 Å². The van der Waals surface area contributed by atoms with Gasteiger partial charge >= 0.3 is 0 Å². The molecule has 6 nitrogen and oxygen atoms in total. The molecule has 2 aliphatic heterocycles. The van der Waals surface area contributed by atoms with Gasteiger partial charge in [0.25, 0.3) is 5.91 Å². The third kappa shape index (κ3) is 2.12. The Morgan fingerprint density at radius 3 is 2.90 bits per heavy atom. The third-order valence-corrected chi connectivity index (χ3v) is 4.12. The van der Waals surface area contributed by atoms with Crippen molar-refractivity contribution >= 4 is 16.8 Å². The Morgan fingerprint density at radius 1 is 1.24 bits per heavy atom. The monoisotopic (exact) mass is 288 g/mol. The molecule has 3 N–H and O–H groups in total. The first-order chi connectivity index (χ1) is 10.2. The lowest BCUT2D eigenvalue weighted by atomic mass is 10.1. The number of benzene rings is 1. The summed E-state index contributed by atoms with van der Waals surface area (Å²) in [5.74, 6) is -0.189. The lowest BCUT2D eigenvalue weighted by Crippen LogP contribution is -2.44. The highest BCUT2D eigenvalue weighted by atomic mass is 16.6. The van der Waals surface area contributed by atoms with Gasteiger partial charge in [0.05, 0.1) is 19.3 Å². The van der Waals surface area contributed by atoms with Crippen LogP contribution in [0.5, 0.6) is 0 Å². The zero-order valence-corrected chi connectivity index (χ0v) is 11.3. The summed E-state index contributed by atoms with van der Waals surface area (Å²) in [5.41, 5.74) is 1.44. The van der Waals surface area contributed by atoms with E-state index < -0.39 is 6.10 Å². The molecule has 0 saturated carbocycles. The lowest BCUT2D eigenvalue weighted by Gasteiger charge is -2.16. The van der Waals surface area contributed by atoms with Crippen molar-refractivity contribution in [2.45, 2.75) is 24.4 Å². The highest BCUT2D eigenvalue weighted by Crippen LogP contribution is 2.27. The maximum absolute atomic E-state index is 12.3. The number of H-pyrrole nitrogens is 1. The van der Waals surface area contributed by atoms with Crippen LogP contribution in [0.15, 0.2) is 30.3 Å². The quantitative estimate of drug-likeness (QED) is 0.748. The molecule has 2 aliphatic rings. The largest absolute Gasteiger partial charge is 0.388 e. The number of amides is 1. The number of rotatable bonds is 2. The summed E-state index contributed by atoms with van der Waals surface area (Å²) in [5, 5.41) is 13.6. The minimum Gasteiger partial charge on any atom is -0.388 e. The van der Waals surface area contributed by atoms with Crippen LogP contribution in [-0.2, 0) is 9.47 Å². The lowest BCUT2D eigenvalue weighted by molar-refractivity contribution is 0.0178. The van der Waals surface area contributed by atoms with E-state index >= 15 is 0 Å². The van der Waals surface area contributed by atoms with Gasteiger partial charge in [-0.15, -0.1) is 0 Å². The Labute approximate surface area is 121 Å². The van der Waals surface area contributed by atoms with E-state index in [-0.39, 0.29) is 30.8 Å². The second-order valence-corrected chi connectivity index (χ2v) is 5.51. The Hall–Kier alpha value is -1.89. The van der Waals surface area contributed by atoms with Crippen LogP contribution >= 0.6 is 0 Å². The van der Waals surface area contributed by atoms with Crippen LogP contribution in [-0.4, -0.2) is 53.6 Å². The molecular weight excluding hydrogens is 272 g/mol. The molecule has 0 aliphatic carbocycles. The number of aromatic nitrogens is 1. The average Bonchev–Trinajstić information content (AvgIpc) is 3.16. The highest BCUT2D eigenvalue weighted by molar-refractivity contribution is 5.98. The molecule has 0 radical (unpaired) electrons. The van der Waals surface area contributed by atoms with Crippen LogP contribution in [0.3, 0.4) is 0 Å². The first-order valence-corrected chi connectivity index (χ1v) is 7.02. The van der Waals surface area contributed by atoms with Gasteiger partial charge in [0.15, 0.2) is 0 Å². The van der Waals surface area contributed by atoms with Crippen molar-refractivity contribution in [3.05, 3.63) is 36.0 Å². The van der Waals surface area contributed by atoms with Gasteiger partial charge in [-0.3, -0.25) is 4.79 Å². The Kier molecular flexibility index (Phi) is 2.95. The van der Waals surface area contributed by atoms with Crippen molar-refractivity contribution in [3.63, 3.8) is 0 Å². The summed E-state index contributed by atoms with van der Waals surface area (Å²) in [6, 6.07) is 9.32. The van der Waals surface area contributed by atoms with Gasteiger partial charge in [-0.2, -0.15) is 0 Å². The number of hydrogen-bond donors (Lipinski definition) is 3. The molecule has 6 heteroatoms. The van der Waals surface area contributed by atoms with Crippen molar-refractivity contribution in [2.75, 3.05) is 13.2 Å². The van der Waals surface area contributed by atoms with E-state index in [2.05, 4.69) is 10.3 Å². The van der Waals surface area contributed by atoms with Gasteiger partial charge in [0.1, 0.15) is 24.0 Å². The van der Waals surface area contributed by atoms with E-state index in [9.17, 15) is 9.90 Å². The van der Waals surface area contributed by atoms with Gasteiger partial charge in [0, 0.05) is 10.9 Å². The molecule has 2 fully saturated rings. The number of aliphatic hydroxyl groups excluding tert-OH is 1. The molecule has 4 rings (SSSR count). The molecule has 2 saturated heterocycles. The molecular formula is C15H16N2O4. The van der Waals surface area contributed by atoms with Crippen LogP contribution in [0.25, 0.3) is 10.9 Å². The van der Waals surface area contributed by atoms with E-state index in [1.165, 1.54) is 0 Å². The van der Waals surface area contributed by atoms with Crippen molar-refractivity contribution in [1.82, 2.24) is 10.3 Å². The smallest absolute Gasteiger partial charge is 0.268 e. The topological polar surface area (TPSA) is 83.6 Å². The summed E-state index contributed by atoms with van der Waals surface area (Å²) in [7, 11) is 0. The number of aliphatic hydroxyl groups is 1. The van der Waals surface area contributed by atoms with Crippen molar-refractivity contribution in [1.29, 1.82) is 0 Å². The molecule has 1 aromatic heterocycles. The number of ether oxygens (including phenoxy) is 2. The summed E-state index contributed by atoms with van der Waals surface area (Å²) in [6.45, 7) is 0.618. The molecule has 0 spiro atoms. The predicted molar refractivity (Wildman–Crippen MR) is 75.0 cm³/mol. The zero-order chi connectivity index (χ0) is 14.4. The third-order valence-electron chi connectivity index (χ3n) is 4.12. The van der Waals surface area contributed by atoms with Crippen LogP contribution in [0.1, 0.15) is 10.5 Å². The first kappa shape index (κ1) is 12.8. The maximum Gasteiger partial charge on any atom is 0.268 e. The summed E-state index contributed by atoms with van der Waals surface area (Å²) >= 11 is 0. The molecule has 110 valence electrons. The highest BCUT2D eigenvalue weighted by Gasteiger charge is 2.47. The fourth-order valence-corrected chi connectivity index (χ4v) is 3.04. The van der Waals surface area contributed by atoms with Gasteiger partial charge in [0.2, 0.25) is 0 Å². The normalized spacial score (nSPS) is 31.5. The first-order valence-electron chi connectivity index (χ1n) is 7.02. The van der Waals surface area contributed by atoms with Gasteiger partial charge in [-0.25, -0.2) is 0 Å². The van der Waals surface area contributed by atoms with E-state index in [4.69, 9.17) is 9.47 Å². The van der Waals surface area contributed by atoms with Crippen LogP contribution in [0, 0.1) is 0 Å². The molecule has 1 amide bonds. The fraction of sp³-hybridized carbons (Fsp3) is 0.400. The standard InChI is InChI=1S/C15H16N2O4/c18-12-7-21-13-11(6-20-14(12)13)17-15(19)10-5-8-3-1-2-4-9(8)16-10/h1-5,11-14,16,18H,6-7H2,(H,17,19)/t11-,12+,13+,14+/m0/s1. The second-order valence-electron chi connectivity index (χ2n) is 5.51. The molecule has 1 aromatic carbocycles. The molecule has 0 bridgehead atoms. The Bertz CT molecular complexity index is 650. The van der Waals surface area contributed by atoms with Crippen molar-refractivity contribution < 1.29 is 19.4 Å². The maximum atomic E-state index is 12.3. The number of carbonyl (C=O) groups is 1. The van der Waals surface area contributed by atoms with Crippen LogP contribution in [0.2, 0.25) is 0 Å². The van der Waals surface area contributed by atoms with Gasteiger partial charge < -0.3 is 24.9 Å². The molecule has 2 aromatic rings. The van der Waals surface area contributed by atoms with Gasteiger partial charge in [-0.05, 0) is 12.1 Å². The number of carbonyl (C=O) groups excluding carboxylic acids is 1. The number of para-hydroxylation sites is 1. The molecule has 0 unspecified atom stereocenters. The van der Waals surface area contributed by atoms with Crippen molar-refractivity contribution in [3.8, 4) is 0 Å². The van der Waals surface area contributed by atoms with Crippen molar-refractivity contribution in [2.24, 2.45) is 0 Å². The van der Waals surface area contributed by atoms with E-state index in [1.807, 2.05) is 30.3 Å². The van der Waals surface area contributed by atoms with E-state index in [1.54, 1.807) is 0 Å². The summed E-state index contributed by atoms with van der Waals surface area (Å²) in [6.07, 6.45) is -1.21. The number of nitrogens with one attached hydrogen (secondary N) is 2. The number of fused-ring (bicyclic) bond motifs is 2. The minimum absolute atomic E-state index is 0.189. The molecule has 21 heavy (non-hydrogen) atoms. The average molecular weight is 288 g/mol. The second kappa shape index (κ2) is 4.84. The molecule has 3 heterocycles. The number of hydrogen-bond acceptors (Lipinski definition) is 4.